The number of fused-ring (bicyclic) bond motifs is 1. The van der Waals surface area contributed by atoms with Gasteiger partial charge in [-0.2, -0.15) is 5.26 Å². The third-order valence-corrected chi connectivity index (χ3v) is 6.33. The van der Waals surface area contributed by atoms with Crippen molar-refractivity contribution in [3.8, 4) is 17.2 Å². The molecule has 0 unspecified atom stereocenters. The van der Waals surface area contributed by atoms with E-state index < -0.39 is 42.5 Å². The van der Waals surface area contributed by atoms with Crippen molar-refractivity contribution >= 4 is 23.5 Å². The second kappa shape index (κ2) is 9.88. The summed E-state index contributed by atoms with van der Waals surface area (Å²) in [4.78, 5) is 44.8. The van der Waals surface area contributed by atoms with Gasteiger partial charge in [0.2, 0.25) is 5.91 Å². The molecule has 1 atom stereocenters. The van der Waals surface area contributed by atoms with Gasteiger partial charge in [0.1, 0.15) is 11.6 Å². The van der Waals surface area contributed by atoms with Crippen LogP contribution in [0.15, 0.2) is 36.7 Å². The van der Waals surface area contributed by atoms with E-state index in [1.54, 1.807) is 29.3 Å². The van der Waals surface area contributed by atoms with Gasteiger partial charge in [0.25, 0.3) is 5.92 Å². The lowest BCUT2D eigenvalue weighted by atomic mass is 9.95. The van der Waals surface area contributed by atoms with E-state index in [-0.39, 0.29) is 18.6 Å². The molecule has 2 aromatic rings. The van der Waals surface area contributed by atoms with Crippen LogP contribution in [0.2, 0.25) is 0 Å². The first-order chi connectivity index (χ1) is 17.4. The summed E-state index contributed by atoms with van der Waals surface area (Å²) in [5.74, 6) is -4.08. The van der Waals surface area contributed by atoms with E-state index in [0.29, 0.717) is 24.1 Å². The summed E-state index contributed by atoms with van der Waals surface area (Å²) >= 11 is 0. The molecule has 0 radical (unpaired) electrons. The third-order valence-electron chi connectivity index (χ3n) is 6.33. The van der Waals surface area contributed by atoms with Crippen molar-refractivity contribution in [2.75, 3.05) is 18.0 Å². The molecule has 0 N–H and O–H groups in total. The number of nitrogens with zero attached hydrogens (tertiary/aromatic N) is 4. The zero-order chi connectivity index (χ0) is 27.0. The lowest BCUT2D eigenvalue weighted by Crippen LogP contribution is -2.36. The van der Waals surface area contributed by atoms with Crippen molar-refractivity contribution in [2.45, 2.75) is 64.0 Å². The molecule has 37 heavy (non-hydrogen) atoms. The van der Waals surface area contributed by atoms with E-state index in [0.717, 1.165) is 21.7 Å². The first-order valence-corrected chi connectivity index (χ1v) is 12.1. The van der Waals surface area contributed by atoms with Crippen molar-refractivity contribution in [1.82, 2.24) is 9.88 Å². The van der Waals surface area contributed by atoms with Crippen LogP contribution in [-0.4, -0.2) is 58.3 Å². The Balaban J connectivity index is 1.49. The number of amides is 2. The molecule has 2 aliphatic rings. The fraction of sp³-hybridized carbons (Fsp3) is 0.444. The van der Waals surface area contributed by atoms with Gasteiger partial charge in [-0.1, -0.05) is 6.07 Å². The molecular formula is C27H28F2N4O4. The molecule has 4 rings (SSSR count). The Bertz CT molecular complexity index is 1280. The van der Waals surface area contributed by atoms with E-state index in [1.165, 1.54) is 6.20 Å². The highest BCUT2D eigenvalue weighted by molar-refractivity contribution is 6.03. The van der Waals surface area contributed by atoms with Gasteiger partial charge in [-0.3, -0.25) is 19.5 Å². The molecule has 0 saturated carbocycles. The monoisotopic (exact) mass is 510 g/mol. The molecule has 1 aromatic heterocycles. The number of rotatable bonds is 5. The van der Waals surface area contributed by atoms with E-state index >= 15 is 0 Å². The van der Waals surface area contributed by atoms with E-state index in [4.69, 9.17) is 10.00 Å². The highest BCUT2D eigenvalue weighted by Gasteiger charge is 2.47. The second-order valence-electron chi connectivity index (χ2n) is 10.3. The number of ketones is 1. The second-order valence-corrected chi connectivity index (χ2v) is 10.3. The average Bonchev–Trinajstić information content (AvgIpc) is 3.40. The van der Waals surface area contributed by atoms with Gasteiger partial charge in [0, 0.05) is 49.3 Å². The number of hydrogen-bond acceptors (Lipinski definition) is 6. The molecule has 194 valence electrons. The van der Waals surface area contributed by atoms with Crippen LogP contribution in [0.5, 0.6) is 0 Å². The molecule has 8 nitrogen and oxygen atoms in total. The number of alkyl halides is 2. The van der Waals surface area contributed by atoms with E-state index in [2.05, 4.69) is 4.98 Å². The number of Topliss-reactive ketones (excluding diaryl/α,β-unsaturated/α-hetero) is 1. The highest BCUT2D eigenvalue weighted by Crippen LogP contribution is 2.35. The van der Waals surface area contributed by atoms with Crippen molar-refractivity contribution in [2.24, 2.45) is 0 Å². The summed E-state index contributed by atoms with van der Waals surface area (Å²) in [6.07, 6.45) is 2.09. The van der Waals surface area contributed by atoms with Crippen molar-refractivity contribution in [1.29, 1.82) is 5.26 Å². The Kier molecular flexibility index (Phi) is 7.00. The summed E-state index contributed by atoms with van der Waals surface area (Å²) in [6.45, 7) is 5.09. The fourth-order valence-electron chi connectivity index (χ4n) is 4.64. The standard InChI is InChI=1S/C27H28F2N4O4/c1-26(2,3)37-25(36)32-11-9-18-12-17(4-5-22(18)32)21-15-31-10-8-20(21)23(34)6-7-24(35)33-16-27(28,29)13-19(33)14-30/h4-5,8,10,12,15,19H,6-7,9,11,13,16H2,1-3H3/t19-/m0/s1. The van der Waals surface area contributed by atoms with E-state index in [9.17, 15) is 23.2 Å². The quantitative estimate of drug-likeness (QED) is 0.537. The molecular weight excluding hydrogens is 482 g/mol. The normalized spacial score (nSPS) is 18.3. The first kappa shape index (κ1) is 26.2. The predicted molar refractivity (Wildman–Crippen MR) is 131 cm³/mol. The number of ether oxygens (including phenoxy) is 1. The molecule has 2 aliphatic heterocycles. The Morgan fingerprint density at radius 2 is 1.97 bits per heavy atom. The van der Waals surface area contributed by atoms with Crippen LogP contribution in [0.3, 0.4) is 0 Å². The molecule has 10 heteroatoms. The number of likely N-dealkylation sites (tertiary alicyclic amines) is 1. The molecule has 0 bridgehead atoms. The maximum atomic E-state index is 13.7. The number of carbonyl (C=O) groups excluding carboxylic acids is 3. The Hall–Kier alpha value is -3.87. The lowest BCUT2D eigenvalue weighted by molar-refractivity contribution is -0.132. The largest absolute Gasteiger partial charge is 0.443 e. The predicted octanol–water partition coefficient (Wildman–Crippen LogP) is 4.77. The average molecular weight is 511 g/mol. The fourth-order valence-corrected chi connectivity index (χ4v) is 4.64. The van der Waals surface area contributed by atoms with Gasteiger partial charge in [-0.05, 0) is 56.5 Å². The number of halogens is 2. The van der Waals surface area contributed by atoms with Crippen LogP contribution in [0.1, 0.15) is 56.0 Å². The van der Waals surface area contributed by atoms with Crippen LogP contribution in [0.25, 0.3) is 11.1 Å². The van der Waals surface area contributed by atoms with Gasteiger partial charge in [-0.25, -0.2) is 13.6 Å². The van der Waals surface area contributed by atoms with Gasteiger partial charge in [-0.15, -0.1) is 0 Å². The molecule has 1 saturated heterocycles. The van der Waals surface area contributed by atoms with Gasteiger partial charge in [0.15, 0.2) is 5.78 Å². The van der Waals surface area contributed by atoms with Crippen molar-refractivity contribution in [3.63, 3.8) is 0 Å². The Morgan fingerprint density at radius 3 is 2.68 bits per heavy atom. The van der Waals surface area contributed by atoms with Crippen LogP contribution in [0.4, 0.5) is 19.3 Å². The number of anilines is 1. The summed E-state index contributed by atoms with van der Waals surface area (Å²) in [7, 11) is 0. The maximum Gasteiger partial charge on any atom is 0.414 e. The highest BCUT2D eigenvalue weighted by atomic mass is 19.3. The van der Waals surface area contributed by atoms with Crippen molar-refractivity contribution < 1.29 is 27.9 Å². The number of pyridine rings is 1. The van der Waals surface area contributed by atoms with Crippen LogP contribution in [0, 0.1) is 11.3 Å². The molecule has 1 fully saturated rings. The molecule has 1 aromatic carbocycles. The first-order valence-electron chi connectivity index (χ1n) is 12.1. The molecule has 2 amide bonds. The van der Waals surface area contributed by atoms with Crippen LogP contribution < -0.4 is 4.90 Å². The maximum absolute atomic E-state index is 13.7. The summed E-state index contributed by atoms with van der Waals surface area (Å²) in [5.41, 5.74) is 2.72. The third kappa shape index (κ3) is 5.77. The SMILES string of the molecule is CC(C)(C)OC(=O)N1CCc2cc(-c3cnccc3C(=O)CCC(=O)N3CC(F)(F)C[C@H]3C#N)ccc21. The number of benzene rings is 1. The minimum absolute atomic E-state index is 0.187. The van der Waals surface area contributed by atoms with Crippen LogP contribution >= 0.6 is 0 Å². The minimum atomic E-state index is -3.11. The zero-order valence-electron chi connectivity index (χ0n) is 21.0. The van der Waals surface area contributed by atoms with Gasteiger partial charge in [0.05, 0.1) is 18.3 Å². The minimum Gasteiger partial charge on any atom is -0.443 e. The number of nitriles is 1. The summed E-state index contributed by atoms with van der Waals surface area (Å²) in [5, 5.41) is 9.12. The summed E-state index contributed by atoms with van der Waals surface area (Å²) in [6, 6.07) is 7.62. The van der Waals surface area contributed by atoms with Gasteiger partial charge < -0.3 is 9.64 Å². The lowest BCUT2D eigenvalue weighted by Gasteiger charge is -2.24. The van der Waals surface area contributed by atoms with Gasteiger partial charge >= 0.3 is 6.09 Å². The number of aromatic nitrogens is 1. The summed E-state index contributed by atoms with van der Waals surface area (Å²) < 4.78 is 32.9. The topological polar surface area (TPSA) is 104 Å². The molecule has 0 aliphatic carbocycles. The van der Waals surface area contributed by atoms with E-state index in [1.807, 2.05) is 32.9 Å². The number of hydrogen-bond donors (Lipinski definition) is 0. The number of carbonyl (C=O) groups is 3. The smallest absolute Gasteiger partial charge is 0.414 e. The van der Waals surface area contributed by atoms with Crippen LogP contribution in [-0.2, 0) is 16.0 Å². The molecule has 3 heterocycles. The Morgan fingerprint density at radius 1 is 1.22 bits per heavy atom. The Labute approximate surface area is 213 Å². The zero-order valence-corrected chi connectivity index (χ0v) is 21.0. The van der Waals surface area contributed by atoms with Crippen molar-refractivity contribution in [3.05, 3.63) is 47.8 Å². The molecule has 0 spiro atoms.